The zero-order chi connectivity index (χ0) is 20.3. The number of carbonyl (C=O) groups is 3. The Morgan fingerprint density at radius 2 is 1.78 bits per heavy atom. The molecule has 3 rings (SSSR count). The number of allylic oxidation sites excluding steroid dienone is 2. The highest BCUT2D eigenvalue weighted by atomic mass is 16.5. The molecule has 1 fully saturated rings. The normalized spacial score (nSPS) is 35.9. The largest absolute Gasteiger partial charge is 0.507 e. The average Bonchev–Trinajstić information content (AvgIpc) is 2.54. The lowest BCUT2D eigenvalue weighted by Crippen LogP contribution is -2.60. The molecule has 27 heavy (non-hydrogen) atoms. The lowest BCUT2D eigenvalue weighted by Gasteiger charge is -2.58. The van der Waals surface area contributed by atoms with Crippen molar-refractivity contribution in [2.75, 3.05) is 0 Å². The Bertz CT molecular complexity index is 772. The third-order valence-electron chi connectivity index (χ3n) is 6.79. The van der Waals surface area contributed by atoms with Crippen molar-refractivity contribution in [1.29, 1.82) is 0 Å². The van der Waals surface area contributed by atoms with Gasteiger partial charge in [-0.2, -0.15) is 0 Å². The molecule has 0 heterocycles. The van der Waals surface area contributed by atoms with Crippen molar-refractivity contribution in [3.63, 3.8) is 0 Å². The third-order valence-corrected chi connectivity index (χ3v) is 6.79. The molecule has 6 nitrogen and oxygen atoms in total. The number of hydrogen-bond acceptors (Lipinski definition) is 6. The van der Waals surface area contributed by atoms with Crippen molar-refractivity contribution in [3.05, 3.63) is 22.5 Å². The van der Waals surface area contributed by atoms with Crippen molar-refractivity contribution in [3.8, 4) is 0 Å². The second kappa shape index (κ2) is 6.30. The van der Waals surface area contributed by atoms with Crippen molar-refractivity contribution < 1.29 is 29.3 Å². The lowest BCUT2D eigenvalue weighted by molar-refractivity contribution is -0.156. The van der Waals surface area contributed by atoms with Crippen LogP contribution in [0.5, 0.6) is 0 Å². The molecule has 0 unspecified atom stereocenters. The summed E-state index contributed by atoms with van der Waals surface area (Å²) in [6.45, 7) is 9.57. The first kappa shape index (κ1) is 19.8. The average molecular weight is 376 g/mol. The number of aliphatic hydroxyl groups excluding tert-OH is 2. The molecule has 148 valence electrons. The number of hydrogen-bond donors (Lipinski definition) is 2. The fourth-order valence-corrected chi connectivity index (χ4v) is 5.87. The Hall–Kier alpha value is -1.95. The smallest absolute Gasteiger partial charge is 0.293 e. The zero-order valence-corrected chi connectivity index (χ0v) is 16.5. The molecule has 0 aromatic heterocycles. The van der Waals surface area contributed by atoms with Crippen molar-refractivity contribution in [1.82, 2.24) is 0 Å². The van der Waals surface area contributed by atoms with Gasteiger partial charge in [0, 0.05) is 28.1 Å². The van der Waals surface area contributed by atoms with Gasteiger partial charge in [0.15, 0.2) is 6.10 Å². The molecule has 3 aliphatic rings. The van der Waals surface area contributed by atoms with E-state index in [9.17, 15) is 24.6 Å². The summed E-state index contributed by atoms with van der Waals surface area (Å²) in [6, 6.07) is 0. The van der Waals surface area contributed by atoms with Crippen LogP contribution in [0.4, 0.5) is 0 Å². The van der Waals surface area contributed by atoms with Crippen LogP contribution in [0.15, 0.2) is 22.5 Å². The van der Waals surface area contributed by atoms with Crippen LogP contribution < -0.4 is 0 Å². The van der Waals surface area contributed by atoms with E-state index >= 15 is 0 Å². The highest BCUT2D eigenvalue weighted by Crippen LogP contribution is 2.61. The van der Waals surface area contributed by atoms with Gasteiger partial charge in [-0.15, -0.1) is 0 Å². The molecule has 4 atom stereocenters. The van der Waals surface area contributed by atoms with Crippen molar-refractivity contribution in [2.45, 2.75) is 66.1 Å². The molecule has 6 heteroatoms. The molecule has 0 spiro atoms. The molecular formula is C21H28O6. The predicted molar refractivity (Wildman–Crippen MR) is 97.7 cm³/mol. The van der Waals surface area contributed by atoms with Crippen LogP contribution in [0.3, 0.4) is 0 Å². The number of rotatable bonds is 3. The van der Waals surface area contributed by atoms with Gasteiger partial charge in [-0.25, -0.2) is 0 Å². The van der Waals surface area contributed by atoms with Gasteiger partial charge in [-0.3, -0.25) is 14.4 Å². The van der Waals surface area contributed by atoms with E-state index in [-0.39, 0.29) is 46.2 Å². The molecule has 3 aliphatic carbocycles. The number of ether oxygens (including phenoxy) is 1. The molecule has 1 saturated carbocycles. The van der Waals surface area contributed by atoms with Gasteiger partial charge in [0.05, 0.1) is 6.10 Å². The summed E-state index contributed by atoms with van der Waals surface area (Å²) in [5, 5.41) is 22.1. The van der Waals surface area contributed by atoms with E-state index in [0.717, 1.165) is 12.8 Å². The van der Waals surface area contributed by atoms with Crippen molar-refractivity contribution in [2.24, 2.45) is 22.7 Å². The minimum Gasteiger partial charge on any atom is -0.507 e. The van der Waals surface area contributed by atoms with E-state index < -0.39 is 29.2 Å². The Kier molecular flexibility index (Phi) is 4.62. The summed E-state index contributed by atoms with van der Waals surface area (Å²) in [5.74, 6) is -2.43. The van der Waals surface area contributed by atoms with Crippen LogP contribution in [0.25, 0.3) is 0 Å². The summed E-state index contributed by atoms with van der Waals surface area (Å²) < 4.78 is 5.19. The molecule has 0 aromatic rings. The summed E-state index contributed by atoms with van der Waals surface area (Å²) in [6.07, 6.45) is 0.0615. The van der Waals surface area contributed by atoms with Gasteiger partial charge in [-0.05, 0) is 24.2 Å². The number of carbonyl (C=O) groups excluding carboxylic acids is 3. The van der Waals surface area contributed by atoms with Gasteiger partial charge < -0.3 is 14.9 Å². The van der Waals surface area contributed by atoms with E-state index in [2.05, 4.69) is 0 Å². The van der Waals surface area contributed by atoms with E-state index in [0.29, 0.717) is 6.42 Å². The highest BCUT2D eigenvalue weighted by molar-refractivity contribution is 6.50. The lowest BCUT2D eigenvalue weighted by atomic mass is 9.47. The van der Waals surface area contributed by atoms with E-state index in [1.54, 1.807) is 13.8 Å². The maximum absolute atomic E-state index is 13.2. The van der Waals surface area contributed by atoms with Crippen LogP contribution in [0, 0.1) is 22.7 Å². The molecular weight excluding hydrogens is 348 g/mol. The molecule has 2 N–H and O–H groups in total. The number of ketones is 2. The molecule has 0 aliphatic heterocycles. The van der Waals surface area contributed by atoms with Gasteiger partial charge in [0.2, 0.25) is 11.6 Å². The summed E-state index contributed by atoms with van der Waals surface area (Å²) in [5.41, 5.74) is -0.759. The van der Waals surface area contributed by atoms with Gasteiger partial charge in [-0.1, -0.05) is 41.0 Å². The fourth-order valence-electron chi connectivity index (χ4n) is 5.87. The third kappa shape index (κ3) is 2.60. The SMILES string of the molecule is CC(C)C1=C(O)C2=C(C(=O)C1=O)[C@@]1(C)CCCC(C)(C)[C@@H]1[C@H](O)[C@H]2OC=O. The van der Waals surface area contributed by atoms with E-state index in [1.807, 2.05) is 20.8 Å². The molecule has 0 radical (unpaired) electrons. The molecule has 0 amide bonds. The van der Waals surface area contributed by atoms with E-state index in [1.165, 1.54) is 0 Å². The molecule has 0 bridgehead atoms. The number of fused-ring (bicyclic) bond motifs is 2. The van der Waals surface area contributed by atoms with Crippen LogP contribution in [0.1, 0.15) is 53.9 Å². The number of aliphatic hydroxyl groups is 2. The highest BCUT2D eigenvalue weighted by Gasteiger charge is 2.62. The minimum absolute atomic E-state index is 0.0163. The Balaban J connectivity index is 2.36. The summed E-state index contributed by atoms with van der Waals surface area (Å²) >= 11 is 0. The quantitative estimate of drug-likeness (QED) is 0.446. The van der Waals surface area contributed by atoms with Crippen LogP contribution in [-0.2, 0) is 19.1 Å². The number of Topliss-reactive ketones (excluding diaryl/α,β-unsaturated/α-hetero) is 2. The molecule has 0 aromatic carbocycles. The minimum atomic E-state index is -1.17. The predicted octanol–water partition coefficient (Wildman–Crippen LogP) is 2.65. The first-order valence-corrected chi connectivity index (χ1v) is 9.53. The Labute approximate surface area is 159 Å². The topological polar surface area (TPSA) is 101 Å². The second-order valence-corrected chi connectivity index (χ2v) is 9.24. The molecule has 0 saturated heterocycles. The van der Waals surface area contributed by atoms with Crippen LogP contribution >= 0.6 is 0 Å². The maximum atomic E-state index is 13.2. The first-order chi connectivity index (χ1) is 12.5. The van der Waals surface area contributed by atoms with Crippen LogP contribution in [-0.4, -0.2) is 40.5 Å². The Morgan fingerprint density at radius 3 is 2.33 bits per heavy atom. The van der Waals surface area contributed by atoms with Crippen LogP contribution in [0.2, 0.25) is 0 Å². The zero-order valence-electron chi connectivity index (χ0n) is 16.5. The first-order valence-electron chi connectivity index (χ1n) is 9.53. The summed E-state index contributed by atoms with van der Waals surface area (Å²) in [4.78, 5) is 37.1. The van der Waals surface area contributed by atoms with Gasteiger partial charge >= 0.3 is 0 Å². The van der Waals surface area contributed by atoms with Gasteiger partial charge in [0.1, 0.15) is 5.76 Å². The maximum Gasteiger partial charge on any atom is 0.293 e. The second-order valence-electron chi connectivity index (χ2n) is 9.24. The fraction of sp³-hybridized carbons (Fsp3) is 0.667. The standard InChI is InChI=1S/C21H28O6/c1-10(2)11-14(23)12-13(16(25)15(11)24)21(5)8-6-7-20(3,4)19(21)17(26)18(12)27-9-22/h9-10,17-19,23,26H,6-8H2,1-5H3/t17-,18+,19+,21-/m1/s1. The van der Waals surface area contributed by atoms with Gasteiger partial charge in [0.25, 0.3) is 6.47 Å². The monoisotopic (exact) mass is 376 g/mol. The van der Waals surface area contributed by atoms with E-state index in [4.69, 9.17) is 4.74 Å². The summed E-state index contributed by atoms with van der Waals surface area (Å²) in [7, 11) is 0. The Morgan fingerprint density at radius 1 is 1.15 bits per heavy atom. The van der Waals surface area contributed by atoms with Crippen molar-refractivity contribution >= 4 is 18.0 Å².